The van der Waals surface area contributed by atoms with E-state index in [-0.39, 0.29) is 5.82 Å². The highest BCUT2D eigenvalue weighted by Crippen LogP contribution is 2.19. The zero-order valence-corrected chi connectivity index (χ0v) is 8.60. The molecule has 13 heavy (non-hydrogen) atoms. The van der Waals surface area contributed by atoms with Crippen LogP contribution in [0.2, 0.25) is 0 Å². The number of halogens is 1. The van der Waals surface area contributed by atoms with Gasteiger partial charge in [-0.3, -0.25) is 0 Å². The zero-order valence-electron chi connectivity index (χ0n) is 8.60. The fraction of sp³-hybridized carbons (Fsp3) is 0.455. The Hall–Kier alpha value is -0.785. The Labute approximate surface area is 80.6 Å². The fourth-order valence-electron chi connectivity index (χ4n) is 1.65. The summed E-state index contributed by atoms with van der Waals surface area (Å²) in [6.07, 6.45) is 2.28. The molecule has 0 aliphatic heterocycles. The molecular weight excluding hydrogens is 162 g/mol. The molecule has 0 radical (unpaired) electrons. The van der Waals surface area contributed by atoms with Crippen molar-refractivity contribution in [1.82, 2.24) is 0 Å². The Morgan fingerprint density at radius 2 is 2.08 bits per heavy atom. The Kier molecular flexibility index (Phi) is 3.53. The van der Waals surface area contributed by atoms with Crippen molar-refractivity contribution in [3.05, 3.63) is 29.6 Å². The van der Waals surface area contributed by atoms with Gasteiger partial charge >= 0.3 is 0 Å². The maximum Gasteiger partial charge on any atom is 0.139 e. The predicted molar refractivity (Wildman–Crippen MR) is 57.9 cm³/mol. The van der Waals surface area contributed by atoms with Gasteiger partial charge in [-0.15, -0.1) is 0 Å². The number of benzene rings is 1. The van der Waals surface area contributed by atoms with Crippen LogP contribution in [-0.4, -0.2) is 7.85 Å². The Morgan fingerprint density at radius 3 is 2.62 bits per heavy atom. The molecule has 0 heterocycles. The molecule has 1 rings (SSSR count). The first-order chi connectivity index (χ1) is 6.13. The van der Waals surface area contributed by atoms with Crippen molar-refractivity contribution in [2.45, 2.75) is 32.6 Å². The van der Waals surface area contributed by atoms with Crippen molar-refractivity contribution in [1.29, 1.82) is 0 Å². The van der Waals surface area contributed by atoms with Crippen LogP contribution in [0.5, 0.6) is 0 Å². The van der Waals surface area contributed by atoms with E-state index < -0.39 is 0 Å². The van der Waals surface area contributed by atoms with Gasteiger partial charge in [-0.1, -0.05) is 31.8 Å². The largest absolute Gasteiger partial charge is 0.207 e. The molecule has 1 unspecified atom stereocenters. The SMILES string of the molecule is Bc1cc(F)cc(C(C)CCC)c1. The van der Waals surface area contributed by atoms with Gasteiger partial charge in [-0.05, 0) is 30.0 Å². The lowest BCUT2D eigenvalue weighted by Crippen LogP contribution is -2.06. The zero-order chi connectivity index (χ0) is 9.84. The summed E-state index contributed by atoms with van der Waals surface area (Å²) in [6, 6.07) is 5.29. The molecule has 0 nitrogen and oxygen atoms in total. The number of hydrogen-bond acceptors (Lipinski definition) is 0. The Morgan fingerprint density at radius 1 is 1.38 bits per heavy atom. The van der Waals surface area contributed by atoms with Crippen molar-refractivity contribution in [3.63, 3.8) is 0 Å². The van der Waals surface area contributed by atoms with E-state index in [4.69, 9.17) is 0 Å². The average Bonchev–Trinajstić information content (AvgIpc) is 2.03. The van der Waals surface area contributed by atoms with Crippen LogP contribution in [0.3, 0.4) is 0 Å². The van der Waals surface area contributed by atoms with Crippen molar-refractivity contribution < 1.29 is 4.39 Å². The minimum atomic E-state index is -0.113. The molecule has 0 bridgehead atoms. The van der Waals surface area contributed by atoms with E-state index in [1.807, 2.05) is 7.85 Å². The molecule has 70 valence electrons. The first-order valence-corrected chi connectivity index (χ1v) is 4.90. The van der Waals surface area contributed by atoms with Crippen LogP contribution in [0.15, 0.2) is 18.2 Å². The van der Waals surface area contributed by atoms with Crippen molar-refractivity contribution in [2.24, 2.45) is 0 Å². The summed E-state index contributed by atoms with van der Waals surface area (Å²) in [5.41, 5.74) is 2.14. The molecule has 1 atom stereocenters. The second-order valence-corrected chi connectivity index (χ2v) is 3.75. The van der Waals surface area contributed by atoms with Crippen LogP contribution >= 0.6 is 0 Å². The summed E-state index contributed by atoms with van der Waals surface area (Å²) in [5.74, 6) is 0.359. The molecule has 0 spiro atoms. The maximum atomic E-state index is 13.0. The van der Waals surface area contributed by atoms with Gasteiger partial charge in [0.25, 0.3) is 0 Å². The lowest BCUT2D eigenvalue weighted by atomic mass is 9.89. The van der Waals surface area contributed by atoms with E-state index in [2.05, 4.69) is 19.9 Å². The first-order valence-electron chi connectivity index (χ1n) is 4.90. The van der Waals surface area contributed by atoms with Gasteiger partial charge in [0, 0.05) is 0 Å². The highest BCUT2D eigenvalue weighted by molar-refractivity contribution is 6.32. The van der Waals surface area contributed by atoms with E-state index in [0.29, 0.717) is 5.92 Å². The Balaban J connectivity index is 2.87. The van der Waals surface area contributed by atoms with Gasteiger partial charge in [0.1, 0.15) is 13.7 Å². The van der Waals surface area contributed by atoms with E-state index in [0.717, 1.165) is 23.9 Å². The molecule has 0 N–H and O–H groups in total. The van der Waals surface area contributed by atoms with Gasteiger partial charge in [-0.2, -0.15) is 0 Å². The standard InChI is InChI=1S/C11H16BF/c1-3-4-8(2)9-5-10(12)7-11(13)6-9/h5-8H,3-4,12H2,1-2H3. The van der Waals surface area contributed by atoms with E-state index in [1.165, 1.54) is 0 Å². The molecule has 0 saturated carbocycles. The lowest BCUT2D eigenvalue weighted by Gasteiger charge is -2.11. The van der Waals surface area contributed by atoms with E-state index in [9.17, 15) is 4.39 Å². The topological polar surface area (TPSA) is 0 Å². The molecule has 1 aromatic carbocycles. The molecule has 0 aliphatic carbocycles. The molecule has 0 aromatic heterocycles. The Bertz CT molecular complexity index is 263. The highest BCUT2D eigenvalue weighted by Gasteiger charge is 2.05. The summed E-state index contributed by atoms with van der Waals surface area (Å²) < 4.78 is 13.0. The molecule has 1 aromatic rings. The van der Waals surface area contributed by atoms with Crippen LogP contribution in [0.4, 0.5) is 4.39 Å². The monoisotopic (exact) mass is 178 g/mol. The molecule has 0 fully saturated rings. The normalized spacial score (nSPS) is 12.8. The van der Waals surface area contributed by atoms with Crippen LogP contribution in [0.1, 0.15) is 38.2 Å². The predicted octanol–water partition coefficient (Wildman–Crippen LogP) is 1.99. The molecule has 0 amide bonds. The molecular formula is C11H16BF. The smallest absolute Gasteiger partial charge is 0.139 e. The van der Waals surface area contributed by atoms with Crippen molar-refractivity contribution in [3.8, 4) is 0 Å². The van der Waals surface area contributed by atoms with Crippen molar-refractivity contribution >= 4 is 13.3 Å². The second-order valence-electron chi connectivity index (χ2n) is 3.75. The first kappa shape index (κ1) is 10.3. The van der Waals surface area contributed by atoms with Crippen LogP contribution in [0, 0.1) is 5.82 Å². The molecule has 0 aliphatic rings. The lowest BCUT2D eigenvalue weighted by molar-refractivity contribution is 0.614. The summed E-state index contributed by atoms with van der Waals surface area (Å²) in [7, 11) is 1.94. The van der Waals surface area contributed by atoms with E-state index >= 15 is 0 Å². The quantitative estimate of drug-likeness (QED) is 0.621. The summed E-state index contributed by atoms with van der Waals surface area (Å²) in [5, 5.41) is 0. The second kappa shape index (κ2) is 4.45. The third-order valence-corrected chi connectivity index (χ3v) is 2.36. The van der Waals surface area contributed by atoms with Crippen LogP contribution < -0.4 is 5.46 Å². The summed E-state index contributed by atoms with van der Waals surface area (Å²) >= 11 is 0. The van der Waals surface area contributed by atoms with E-state index in [1.54, 1.807) is 12.1 Å². The van der Waals surface area contributed by atoms with Crippen LogP contribution in [-0.2, 0) is 0 Å². The van der Waals surface area contributed by atoms with Gasteiger partial charge in [0.15, 0.2) is 0 Å². The fourth-order valence-corrected chi connectivity index (χ4v) is 1.65. The number of hydrogen-bond donors (Lipinski definition) is 0. The van der Waals surface area contributed by atoms with Gasteiger partial charge in [-0.25, -0.2) is 4.39 Å². The minimum absolute atomic E-state index is 0.113. The van der Waals surface area contributed by atoms with Gasteiger partial charge < -0.3 is 0 Å². The van der Waals surface area contributed by atoms with Gasteiger partial charge in [0.05, 0.1) is 0 Å². The maximum absolute atomic E-state index is 13.0. The molecule has 2 heteroatoms. The summed E-state index contributed by atoms with van der Waals surface area (Å²) in [4.78, 5) is 0. The van der Waals surface area contributed by atoms with Gasteiger partial charge in [0.2, 0.25) is 0 Å². The summed E-state index contributed by atoms with van der Waals surface area (Å²) in [6.45, 7) is 4.31. The minimum Gasteiger partial charge on any atom is -0.207 e. The third-order valence-electron chi connectivity index (χ3n) is 2.36. The molecule has 0 saturated heterocycles. The average molecular weight is 178 g/mol. The number of rotatable bonds is 3. The van der Waals surface area contributed by atoms with Crippen molar-refractivity contribution in [2.75, 3.05) is 0 Å². The third kappa shape index (κ3) is 2.87. The van der Waals surface area contributed by atoms with Crippen LogP contribution in [0.25, 0.3) is 0 Å². The highest BCUT2D eigenvalue weighted by atomic mass is 19.1.